The molecule has 0 aliphatic heterocycles. The Morgan fingerprint density at radius 2 is 2.12 bits per heavy atom. The summed E-state index contributed by atoms with van der Waals surface area (Å²) < 4.78 is 1.44. The van der Waals surface area contributed by atoms with E-state index >= 15 is 0 Å². The highest BCUT2D eigenvalue weighted by Crippen LogP contribution is 2.23. The standard InChI is InChI=1S/C18H13ClN2O3S/c1-2-8-25-18-20-15-7-6-11(17(23)24)9-14(15)16(22)21(18)13-5-3-4-12(19)10-13/h2-7,9-10H,1,8H2,(H,23,24). The van der Waals surface area contributed by atoms with Crippen LogP contribution in [0.3, 0.4) is 0 Å². The van der Waals surface area contributed by atoms with Gasteiger partial charge in [-0.1, -0.05) is 35.5 Å². The fourth-order valence-electron chi connectivity index (χ4n) is 2.37. The molecule has 2 aromatic carbocycles. The monoisotopic (exact) mass is 372 g/mol. The normalized spacial score (nSPS) is 10.8. The van der Waals surface area contributed by atoms with Crippen LogP contribution in [-0.4, -0.2) is 26.4 Å². The number of carboxylic acids is 1. The maximum absolute atomic E-state index is 13.0. The summed E-state index contributed by atoms with van der Waals surface area (Å²) in [6.45, 7) is 3.69. The van der Waals surface area contributed by atoms with E-state index in [1.54, 1.807) is 36.4 Å². The van der Waals surface area contributed by atoms with Gasteiger partial charge in [0, 0.05) is 10.8 Å². The minimum Gasteiger partial charge on any atom is -0.478 e. The molecule has 0 bridgehead atoms. The van der Waals surface area contributed by atoms with Crippen LogP contribution in [0.25, 0.3) is 16.6 Å². The highest BCUT2D eigenvalue weighted by molar-refractivity contribution is 7.99. The summed E-state index contributed by atoms with van der Waals surface area (Å²) in [6, 6.07) is 11.2. The summed E-state index contributed by atoms with van der Waals surface area (Å²) in [7, 11) is 0. The van der Waals surface area contributed by atoms with Crippen molar-refractivity contribution >= 4 is 40.2 Å². The third-order valence-electron chi connectivity index (χ3n) is 3.48. The Morgan fingerprint density at radius 3 is 2.80 bits per heavy atom. The molecule has 126 valence electrons. The lowest BCUT2D eigenvalue weighted by atomic mass is 10.1. The molecule has 0 aliphatic rings. The first-order valence-electron chi connectivity index (χ1n) is 7.31. The van der Waals surface area contributed by atoms with Crippen molar-refractivity contribution < 1.29 is 9.90 Å². The average molecular weight is 373 g/mol. The molecule has 0 aliphatic carbocycles. The summed E-state index contributed by atoms with van der Waals surface area (Å²) >= 11 is 7.41. The van der Waals surface area contributed by atoms with Crippen molar-refractivity contribution in [2.24, 2.45) is 0 Å². The van der Waals surface area contributed by atoms with Crippen LogP contribution in [0.2, 0.25) is 5.02 Å². The molecule has 3 rings (SSSR count). The lowest BCUT2D eigenvalue weighted by molar-refractivity contribution is 0.0697. The zero-order valence-corrected chi connectivity index (χ0v) is 14.5. The predicted molar refractivity (Wildman–Crippen MR) is 100 cm³/mol. The second-order valence-electron chi connectivity index (χ2n) is 5.15. The molecule has 0 radical (unpaired) electrons. The van der Waals surface area contributed by atoms with Crippen LogP contribution >= 0.6 is 23.4 Å². The Balaban J connectivity index is 2.33. The van der Waals surface area contributed by atoms with Gasteiger partial charge in [0.15, 0.2) is 5.16 Å². The number of nitrogens with zero attached hydrogens (tertiary/aromatic N) is 2. The summed E-state index contributed by atoms with van der Waals surface area (Å²) in [4.78, 5) is 28.8. The Labute approximate surface area is 152 Å². The van der Waals surface area contributed by atoms with E-state index in [9.17, 15) is 9.59 Å². The van der Waals surface area contributed by atoms with Gasteiger partial charge in [0.25, 0.3) is 5.56 Å². The first kappa shape index (κ1) is 17.3. The molecule has 0 fully saturated rings. The van der Waals surface area contributed by atoms with E-state index in [1.807, 2.05) is 0 Å². The smallest absolute Gasteiger partial charge is 0.335 e. The molecule has 5 nitrogen and oxygen atoms in total. The number of carbonyl (C=O) groups is 1. The number of thioether (sulfide) groups is 1. The zero-order chi connectivity index (χ0) is 18.0. The molecule has 0 saturated carbocycles. The van der Waals surface area contributed by atoms with Gasteiger partial charge in [0.05, 0.1) is 22.2 Å². The van der Waals surface area contributed by atoms with Crippen LogP contribution < -0.4 is 5.56 Å². The summed E-state index contributed by atoms with van der Waals surface area (Å²) in [5, 5.41) is 10.4. The molecular formula is C18H13ClN2O3S. The van der Waals surface area contributed by atoms with E-state index in [0.717, 1.165) is 0 Å². The van der Waals surface area contributed by atoms with Gasteiger partial charge in [0.2, 0.25) is 0 Å². The number of aromatic nitrogens is 2. The molecule has 0 unspecified atom stereocenters. The fourth-order valence-corrected chi connectivity index (χ4v) is 3.30. The molecular weight excluding hydrogens is 360 g/mol. The van der Waals surface area contributed by atoms with Crippen LogP contribution in [0.15, 0.2) is 65.1 Å². The molecule has 3 aromatic rings. The molecule has 1 N–H and O–H groups in total. The number of aromatic carboxylic acids is 1. The van der Waals surface area contributed by atoms with Gasteiger partial charge < -0.3 is 5.11 Å². The number of fused-ring (bicyclic) bond motifs is 1. The number of hydrogen-bond acceptors (Lipinski definition) is 4. The SMILES string of the molecule is C=CCSc1nc2ccc(C(=O)O)cc2c(=O)n1-c1cccc(Cl)c1. The molecule has 0 amide bonds. The number of hydrogen-bond donors (Lipinski definition) is 1. The lowest BCUT2D eigenvalue weighted by Crippen LogP contribution is -2.22. The minimum atomic E-state index is -1.10. The van der Waals surface area contributed by atoms with E-state index in [0.29, 0.717) is 27.1 Å². The van der Waals surface area contributed by atoms with E-state index in [1.165, 1.54) is 28.5 Å². The van der Waals surface area contributed by atoms with Crippen molar-refractivity contribution in [1.82, 2.24) is 9.55 Å². The molecule has 7 heteroatoms. The van der Waals surface area contributed by atoms with Crippen molar-refractivity contribution in [1.29, 1.82) is 0 Å². The predicted octanol–water partition coefficient (Wildman–Crippen LogP) is 4.02. The molecule has 1 heterocycles. The van der Waals surface area contributed by atoms with Crippen LogP contribution in [0.1, 0.15) is 10.4 Å². The Bertz CT molecular complexity index is 1050. The van der Waals surface area contributed by atoms with E-state index in [2.05, 4.69) is 11.6 Å². The van der Waals surface area contributed by atoms with Gasteiger partial charge >= 0.3 is 5.97 Å². The van der Waals surface area contributed by atoms with Gasteiger partial charge in [-0.3, -0.25) is 9.36 Å². The quantitative estimate of drug-likeness (QED) is 0.416. The highest BCUT2D eigenvalue weighted by atomic mass is 35.5. The minimum absolute atomic E-state index is 0.0375. The van der Waals surface area contributed by atoms with Crippen molar-refractivity contribution in [2.45, 2.75) is 5.16 Å². The first-order valence-corrected chi connectivity index (χ1v) is 8.67. The van der Waals surface area contributed by atoms with Crippen molar-refractivity contribution in [3.05, 3.63) is 76.1 Å². The zero-order valence-electron chi connectivity index (χ0n) is 13.0. The molecule has 0 saturated heterocycles. The first-order chi connectivity index (χ1) is 12.0. The van der Waals surface area contributed by atoms with Crippen molar-refractivity contribution in [2.75, 3.05) is 5.75 Å². The Morgan fingerprint density at radius 1 is 1.32 bits per heavy atom. The van der Waals surface area contributed by atoms with Crippen LogP contribution in [0.4, 0.5) is 0 Å². The van der Waals surface area contributed by atoms with Crippen LogP contribution in [0, 0.1) is 0 Å². The Hall–Kier alpha value is -2.57. The van der Waals surface area contributed by atoms with Gasteiger partial charge in [-0.2, -0.15) is 0 Å². The second kappa shape index (κ2) is 7.13. The molecule has 0 atom stereocenters. The van der Waals surface area contributed by atoms with Gasteiger partial charge in [-0.15, -0.1) is 6.58 Å². The van der Waals surface area contributed by atoms with Crippen LogP contribution in [-0.2, 0) is 0 Å². The second-order valence-corrected chi connectivity index (χ2v) is 6.58. The van der Waals surface area contributed by atoms with Gasteiger partial charge in [-0.05, 0) is 36.4 Å². The Kier molecular flexibility index (Phi) is 4.92. The number of halogens is 1. The fraction of sp³-hybridized carbons (Fsp3) is 0.0556. The summed E-state index contributed by atoms with van der Waals surface area (Å²) in [5.41, 5.74) is 0.705. The van der Waals surface area contributed by atoms with Crippen LogP contribution in [0.5, 0.6) is 0 Å². The maximum Gasteiger partial charge on any atom is 0.335 e. The third-order valence-corrected chi connectivity index (χ3v) is 4.65. The summed E-state index contributed by atoms with van der Waals surface area (Å²) in [5.74, 6) is -0.521. The number of rotatable bonds is 5. The van der Waals surface area contributed by atoms with E-state index < -0.39 is 5.97 Å². The molecule has 1 aromatic heterocycles. The number of carboxylic acid groups (broad SMARTS) is 1. The molecule has 0 spiro atoms. The highest BCUT2D eigenvalue weighted by Gasteiger charge is 2.15. The van der Waals surface area contributed by atoms with Crippen molar-refractivity contribution in [3.63, 3.8) is 0 Å². The van der Waals surface area contributed by atoms with Gasteiger partial charge in [-0.25, -0.2) is 9.78 Å². The largest absolute Gasteiger partial charge is 0.478 e. The lowest BCUT2D eigenvalue weighted by Gasteiger charge is -2.13. The van der Waals surface area contributed by atoms with E-state index in [-0.39, 0.29) is 16.5 Å². The van der Waals surface area contributed by atoms with Crippen molar-refractivity contribution in [3.8, 4) is 5.69 Å². The average Bonchev–Trinajstić information content (AvgIpc) is 2.59. The summed E-state index contributed by atoms with van der Waals surface area (Å²) in [6.07, 6.45) is 1.72. The molecule has 25 heavy (non-hydrogen) atoms. The van der Waals surface area contributed by atoms with Gasteiger partial charge in [0.1, 0.15) is 0 Å². The topological polar surface area (TPSA) is 72.2 Å². The van der Waals surface area contributed by atoms with E-state index in [4.69, 9.17) is 16.7 Å². The number of benzene rings is 2. The maximum atomic E-state index is 13.0. The third kappa shape index (κ3) is 3.45.